The predicted molar refractivity (Wildman–Crippen MR) is 58.2 cm³/mol. The van der Waals surface area contributed by atoms with Crippen LogP contribution in [0, 0.1) is 11.8 Å². The van der Waals surface area contributed by atoms with E-state index in [0.717, 1.165) is 12.5 Å². The summed E-state index contributed by atoms with van der Waals surface area (Å²) in [7, 11) is 0. The van der Waals surface area contributed by atoms with Crippen molar-refractivity contribution in [3.05, 3.63) is 0 Å². The molecule has 0 aromatic heterocycles. The minimum absolute atomic E-state index is 0.0385. The highest BCUT2D eigenvalue weighted by atomic mass is 16.3. The number of likely N-dealkylation sites (tertiary alicyclic amines) is 1. The Hall–Kier alpha value is -0.0800. The minimum atomic E-state index is -0.0385. The Kier molecular flexibility index (Phi) is 3.45. The largest absolute Gasteiger partial charge is 0.392 e. The van der Waals surface area contributed by atoms with Crippen LogP contribution in [0.15, 0.2) is 0 Å². The summed E-state index contributed by atoms with van der Waals surface area (Å²) in [5, 5.41) is 9.86. The zero-order valence-electron chi connectivity index (χ0n) is 9.28. The van der Waals surface area contributed by atoms with Crippen molar-refractivity contribution in [1.29, 1.82) is 0 Å². The topological polar surface area (TPSA) is 23.5 Å². The van der Waals surface area contributed by atoms with Crippen molar-refractivity contribution in [2.45, 2.75) is 45.1 Å². The summed E-state index contributed by atoms with van der Waals surface area (Å²) in [4.78, 5) is 2.46. The molecule has 2 unspecified atom stereocenters. The van der Waals surface area contributed by atoms with Crippen LogP contribution in [-0.4, -0.2) is 35.7 Å². The molecule has 0 amide bonds. The number of hydrogen-bond acceptors (Lipinski definition) is 2. The quantitative estimate of drug-likeness (QED) is 0.746. The third kappa shape index (κ3) is 2.96. The van der Waals surface area contributed by atoms with E-state index in [1.807, 2.05) is 0 Å². The molecule has 1 heterocycles. The van der Waals surface area contributed by atoms with Gasteiger partial charge in [0.05, 0.1) is 6.10 Å². The smallest absolute Gasteiger partial charge is 0.0695 e. The number of aliphatic hydroxyl groups excluding tert-OH is 1. The molecule has 1 aliphatic heterocycles. The summed E-state index contributed by atoms with van der Waals surface area (Å²) in [6, 6.07) is 0. The number of rotatable bonds is 3. The molecule has 2 fully saturated rings. The Morgan fingerprint density at radius 3 is 2.71 bits per heavy atom. The zero-order chi connectivity index (χ0) is 9.97. The molecule has 2 heteroatoms. The molecule has 0 radical (unpaired) electrons. The molecule has 2 aliphatic rings. The lowest BCUT2D eigenvalue weighted by Gasteiger charge is -2.23. The van der Waals surface area contributed by atoms with Crippen LogP contribution in [0.25, 0.3) is 0 Å². The van der Waals surface area contributed by atoms with Gasteiger partial charge in [-0.25, -0.2) is 0 Å². The van der Waals surface area contributed by atoms with Crippen molar-refractivity contribution in [2.75, 3.05) is 19.6 Å². The lowest BCUT2D eigenvalue weighted by molar-refractivity contribution is 0.0963. The molecular formula is C12H23NO. The average molecular weight is 197 g/mol. The molecule has 2 atom stereocenters. The van der Waals surface area contributed by atoms with Crippen LogP contribution in [0.4, 0.5) is 0 Å². The van der Waals surface area contributed by atoms with Crippen molar-refractivity contribution < 1.29 is 5.11 Å². The van der Waals surface area contributed by atoms with Crippen LogP contribution in [0.5, 0.6) is 0 Å². The van der Waals surface area contributed by atoms with Gasteiger partial charge >= 0.3 is 0 Å². The summed E-state index contributed by atoms with van der Waals surface area (Å²) < 4.78 is 0. The van der Waals surface area contributed by atoms with E-state index in [1.165, 1.54) is 45.2 Å². The van der Waals surface area contributed by atoms with Crippen molar-refractivity contribution in [2.24, 2.45) is 11.8 Å². The van der Waals surface area contributed by atoms with Gasteiger partial charge in [0.1, 0.15) is 0 Å². The van der Waals surface area contributed by atoms with Crippen molar-refractivity contribution in [1.82, 2.24) is 4.90 Å². The maximum Gasteiger partial charge on any atom is 0.0695 e. The van der Waals surface area contributed by atoms with Gasteiger partial charge in [-0.15, -0.1) is 0 Å². The van der Waals surface area contributed by atoms with Crippen LogP contribution in [0.1, 0.15) is 39.0 Å². The fourth-order valence-electron chi connectivity index (χ4n) is 2.40. The molecule has 1 saturated heterocycles. The highest BCUT2D eigenvalue weighted by molar-refractivity contribution is 4.83. The Bertz CT molecular complexity index is 179. The van der Waals surface area contributed by atoms with Gasteiger partial charge in [-0.1, -0.05) is 6.92 Å². The van der Waals surface area contributed by atoms with Crippen molar-refractivity contribution in [3.8, 4) is 0 Å². The fraction of sp³-hybridized carbons (Fsp3) is 1.00. The van der Waals surface area contributed by atoms with E-state index in [9.17, 15) is 5.11 Å². The number of nitrogens with zero attached hydrogens (tertiary/aromatic N) is 1. The molecule has 1 saturated carbocycles. The van der Waals surface area contributed by atoms with Crippen LogP contribution in [0.2, 0.25) is 0 Å². The van der Waals surface area contributed by atoms with Crippen LogP contribution in [0.3, 0.4) is 0 Å². The maximum atomic E-state index is 9.86. The highest BCUT2D eigenvalue weighted by Gasteiger charge is 2.31. The van der Waals surface area contributed by atoms with Crippen LogP contribution in [-0.2, 0) is 0 Å². The van der Waals surface area contributed by atoms with E-state index in [-0.39, 0.29) is 6.10 Å². The minimum Gasteiger partial charge on any atom is -0.392 e. The second-order valence-corrected chi connectivity index (χ2v) is 5.24. The molecule has 1 N–H and O–H groups in total. The molecule has 2 rings (SSSR count). The summed E-state index contributed by atoms with van der Waals surface area (Å²) >= 11 is 0. The lowest BCUT2D eigenvalue weighted by Crippen LogP contribution is -2.34. The lowest BCUT2D eigenvalue weighted by atomic mass is 10.0. The maximum absolute atomic E-state index is 9.86. The van der Waals surface area contributed by atoms with Gasteiger partial charge in [0.25, 0.3) is 0 Å². The predicted octanol–water partition coefficient (Wildman–Crippen LogP) is 1.88. The number of hydrogen-bond donors (Lipinski definition) is 1. The summed E-state index contributed by atoms with van der Waals surface area (Å²) in [6.45, 7) is 5.68. The molecule has 0 spiro atoms. The number of aliphatic hydroxyl groups is 1. The first-order valence-corrected chi connectivity index (χ1v) is 6.16. The van der Waals surface area contributed by atoms with E-state index in [2.05, 4.69) is 11.8 Å². The van der Waals surface area contributed by atoms with Gasteiger partial charge in [0.2, 0.25) is 0 Å². The van der Waals surface area contributed by atoms with E-state index in [4.69, 9.17) is 0 Å². The second-order valence-electron chi connectivity index (χ2n) is 5.24. The van der Waals surface area contributed by atoms with Crippen molar-refractivity contribution in [3.63, 3.8) is 0 Å². The Balaban J connectivity index is 1.73. The van der Waals surface area contributed by atoms with Gasteiger partial charge in [0, 0.05) is 6.54 Å². The fourth-order valence-corrected chi connectivity index (χ4v) is 2.40. The number of β-amino-alcohol motifs (C(OH)–C–C–N with tert-alkyl or cyclic N) is 1. The first-order valence-electron chi connectivity index (χ1n) is 6.16. The van der Waals surface area contributed by atoms with E-state index in [1.54, 1.807) is 0 Å². The molecular weight excluding hydrogens is 174 g/mol. The second kappa shape index (κ2) is 4.63. The highest BCUT2D eigenvalue weighted by Crippen LogP contribution is 2.33. The summed E-state index contributed by atoms with van der Waals surface area (Å²) in [5.74, 6) is 1.52. The Morgan fingerprint density at radius 2 is 2.00 bits per heavy atom. The van der Waals surface area contributed by atoms with E-state index >= 15 is 0 Å². The van der Waals surface area contributed by atoms with Gasteiger partial charge in [-0.3, -0.25) is 0 Å². The molecule has 1 aliphatic carbocycles. The Morgan fingerprint density at radius 1 is 1.21 bits per heavy atom. The van der Waals surface area contributed by atoms with Crippen molar-refractivity contribution >= 4 is 0 Å². The van der Waals surface area contributed by atoms with Crippen LogP contribution >= 0.6 is 0 Å². The summed E-state index contributed by atoms with van der Waals surface area (Å²) in [6.07, 6.45) is 6.48. The first kappa shape index (κ1) is 10.4. The third-order valence-corrected chi connectivity index (χ3v) is 3.72. The normalized spacial score (nSPS) is 32.6. The standard InChI is InChI=1S/C12H23NO/c1-10-3-2-7-13(8-6-10)9-12(14)11-4-5-11/h10-12,14H,2-9H2,1H3. The zero-order valence-corrected chi connectivity index (χ0v) is 9.28. The van der Waals surface area contributed by atoms with Gasteiger partial charge in [0.15, 0.2) is 0 Å². The van der Waals surface area contributed by atoms with Gasteiger partial charge < -0.3 is 10.0 Å². The van der Waals surface area contributed by atoms with Crippen LogP contribution < -0.4 is 0 Å². The van der Waals surface area contributed by atoms with Gasteiger partial charge in [-0.2, -0.15) is 0 Å². The molecule has 82 valence electrons. The third-order valence-electron chi connectivity index (χ3n) is 3.72. The molecule has 0 bridgehead atoms. The van der Waals surface area contributed by atoms with E-state index in [0.29, 0.717) is 5.92 Å². The molecule has 0 aromatic carbocycles. The SMILES string of the molecule is CC1CCCN(CC(O)C2CC2)CC1. The first-order chi connectivity index (χ1) is 6.75. The van der Waals surface area contributed by atoms with E-state index < -0.39 is 0 Å². The monoisotopic (exact) mass is 197 g/mol. The van der Waals surface area contributed by atoms with Gasteiger partial charge in [-0.05, 0) is 57.0 Å². The Labute approximate surface area is 87.3 Å². The summed E-state index contributed by atoms with van der Waals surface area (Å²) in [5.41, 5.74) is 0. The molecule has 2 nitrogen and oxygen atoms in total. The molecule has 14 heavy (non-hydrogen) atoms. The molecule has 0 aromatic rings. The average Bonchev–Trinajstić information content (AvgIpc) is 2.94.